The first kappa shape index (κ1) is 13.3. The number of nitrogens with one attached hydrogen (secondary N) is 1. The molecule has 0 spiro atoms. The van der Waals surface area contributed by atoms with Gasteiger partial charge in [0, 0.05) is 20.3 Å². The second kappa shape index (κ2) is 5.21. The van der Waals surface area contributed by atoms with Gasteiger partial charge < -0.3 is 5.32 Å². The Morgan fingerprint density at radius 3 is 2.56 bits per heavy atom. The number of rotatable bonds is 3. The third-order valence-electron chi connectivity index (χ3n) is 2.60. The predicted octanol–water partition coefficient (Wildman–Crippen LogP) is 2.65. The van der Waals surface area contributed by atoms with E-state index in [0.717, 1.165) is 20.8 Å². The summed E-state index contributed by atoms with van der Waals surface area (Å²) in [6.45, 7) is 4.26. The van der Waals surface area contributed by atoms with Gasteiger partial charge in [0.2, 0.25) is 0 Å². The molecule has 0 radical (unpaired) electrons. The molecule has 0 aliphatic rings. The van der Waals surface area contributed by atoms with Crippen molar-refractivity contribution in [3.63, 3.8) is 0 Å². The van der Waals surface area contributed by atoms with Crippen molar-refractivity contribution in [1.82, 2.24) is 19.7 Å². The van der Waals surface area contributed by atoms with Gasteiger partial charge in [-0.05, 0) is 34.6 Å². The molecule has 0 saturated heterocycles. The SMILES string of the molecule is CNc1nc(-c2ccn(C)n2)nc(C(C)C)c1I. The first-order valence-corrected chi connectivity index (χ1v) is 6.86. The molecule has 0 unspecified atom stereocenters. The molecule has 2 aromatic rings. The van der Waals surface area contributed by atoms with E-state index < -0.39 is 0 Å². The van der Waals surface area contributed by atoms with Gasteiger partial charge in [-0.3, -0.25) is 4.68 Å². The van der Waals surface area contributed by atoms with Crippen LogP contribution < -0.4 is 5.32 Å². The lowest BCUT2D eigenvalue weighted by Crippen LogP contribution is -2.07. The topological polar surface area (TPSA) is 55.6 Å². The summed E-state index contributed by atoms with van der Waals surface area (Å²) in [4.78, 5) is 9.14. The van der Waals surface area contributed by atoms with Crippen molar-refractivity contribution in [1.29, 1.82) is 0 Å². The Labute approximate surface area is 120 Å². The Kier molecular flexibility index (Phi) is 3.84. The van der Waals surface area contributed by atoms with Crippen LogP contribution >= 0.6 is 22.6 Å². The molecule has 0 amide bonds. The fraction of sp³-hybridized carbons (Fsp3) is 0.417. The highest BCUT2D eigenvalue weighted by atomic mass is 127. The fourth-order valence-corrected chi connectivity index (χ4v) is 2.80. The molecule has 0 fully saturated rings. The average Bonchev–Trinajstić information content (AvgIpc) is 2.76. The van der Waals surface area contributed by atoms with Crippen molar-refractivity contribution in [3.05, 3.63) is 21.5 Å². The highest BCUT2D eigenvalue weighted by Gasteiger charge is 2.16. The number of hydrogen-bond donors (Lipinski definition) is 1. The molecular formula is C12H16IN5. The third kappa shape index (κ3) is 2.47. The van der Waals surface area contributed by atoms with Gasteiger partial charge in [-0.15, -0.1) is 0 Å². The molecule has 2 rings (SSSR count). The molecule has 2 aromatic heterocycles. The van der Waals surface area contributed by atoms with E-state index in [2.05, 4.69) is 56.8 Å². The Morgan fingerprint density at radius 2 is 2.06 bits per heavy atom. The number of aryl methyl sites for hydroxylation is 1. The van der Waals surface area contributed by atoms with Gasteiger partial charge in [0.05, 0.1) is 9.26 Å². The summed E-state index contributed by atoms with van der Waals surface area (Å²) in [5.41, 5.74) is 1.85. The van der Waals surface area contributed by atoms with Crippen LogP contribution in [0.1, 0.15) is 25.5 Å². The molecule has 18 heavy (non-hydrogen) atoms. The lowest BCUT2D eigenvalue weighted by Gasteiger charge is -2.12. The Morgan fingerprint density at radius 1 is 1.33 bits per heavy atom. The number of aromatic nitrogens is 4. The first-order valence-electron chi connectivity index (χ1n) is 5.78. The summed E-state index contributed by atoms with van der Waals surface area (Å²) < 4.78 is 2.83. The maximum atomic E-state index is 4.63. The highest BCUT2D eigenvalue weighted by molar-refractivity contribution is 14.1. The Hall–Kier alpha value is -1.18. The van der Waals surface area contributed by atoms with Gasteiger partial charge in [0.15, 0.2) is 5.82 Å². The molecule has 0 aliphatic carbocycles. The molecule has 2 heterocycles. The zero-order valence-electron chi connectivity index (χ0n) is 10.9. The van der Waals surface area contributed by atoms with E-state index in [4.69, 9.17) is 0 Å². The van der Waals surface area contributed by atoms with Crippen LogP contribution in [-0.4, -0.2) is 26.8 Å². The highest BCUT2D eigenvalue weighted by Crippen LogP contribution is 2.27. The van der Waals surface area contributed by atoms with Crippen LogP contribution in [0.3, 0.4) is 0 Å². The van der Waals surface area contributed by atoms with E-state index in [9.17, 15) is 0 Å². The van der Waals surface area contributed by atoms with E-state index in [1.165, 1.54) is 0 Å². The van der Waals surface area contributed by atoms with Crippen LogP contribution in [-0.2, 0) is 7.05 Å². The molecule has 1 N–H and O–H groups in total. The van der Waals surface area contributed by atoms with Crippen LogP contribution in [0.2, 0.25) is 0 Å². The molecule has 96 valence electrons. The van der Waals surface area contributed by atoms with Crippen LogP contribution in [0, 0.1) is 3.57 Å². The van der Waals surface area contributed by atoms with Crippen LogP contribution in [0.4, 0.5) is 5.82 Å². The predicted molar refractivity (Wildman–Crippen MR) is 80.6 cm³/mol. The normalized spacial score (nSPS) is 11.0. The lowest BCUT2D eigenvalue weighted by atomic mass is 10.1. The maximum absolute atomic E-state index is 4.63. The standard InChI is InChI=1S/C12H16IN5/c1-7(2)10-9(13)12(14-3)16-11(15-10)8-5-6-18(4)17-8/h5-7H,1-4H3,(H,14,15,16). The van der Waals surface area contributed by atoms with Gasteiger partial charge in [-0.1, -0.05) is 13.8 Å². The Balaban J connectivity index is 2.58. The minimum Gasteiger partial charge on any atom is -0.372 e. The van der Waals surface area contributed by atoms with Crippen molar-refractivity contribution < 1.29 is 0 Å². The van der Waals surface area contributed by atoms with Crippen molar-refractivity contribution in [2.75, 3.05) is 12.4 Å². The maximum Gasteiger partial charge on any atom is 0.182 e. The van der Waals surface area contributed by atoms with Gasteiger partial charge >= 0.3 is 0 Å². The van der Waals surface area contributed by atoms with E-state index >= 15 is 0 Å². The summed E-state index contributed by atoms with van der Waals surface area (Å²) in [6.07, 6.45) is 1.89. The minimum absolute atomic E-state index is 0.356. The number of hydrogen-bond acceptors (Lipinski definition) is 4. The zero-order valence-corrected chi connectivity index (χ0v) is 13.1. The lowest BCUT2D eigenvalue weighted by molar-refractivity contribution is 0.765. The second-order valence-corrected chi connectivity index (χ2v) is 5.45. The largest absolute Gasteiger partial charge is 0.372 e. The summed E-state index contributed by atoms with van der Waals surface area (Å²) in [5.74, 6) is 1.88. The number of anilines is 1. The summed E-state index contributed by atoms with van der Waals surface area (Å²) in [6, 6.07) is 1.92. The molecular weight excluding hydrogens is 341 g/mol. The average molecular weight is 357 g/mol. The van der Waals surface area contributed by atoms with Crippen molar-refractivity contribution in [2.45, 2.75) is 19.8 Å². The molecule has 0 saturated carbocycles. The molecule has 6 heteroatoms. The van der Waals surface area contributed by atoms with E-state index in [1.54, 1.807) is 4.68 Å². The molecule has 0 atom stereocenters. The van der Waals surface area contributed by atoms with Crippen LogP contribution in [0.15, 0.2) is 12.3 Å². The quantitative estimate of drug-likeness (QED) is 0.859. The van der Waals surface area contributed by atoms with Crippen LogP contribution in [0.25, 0.3) is 11.5 Å². The summed E-state index contributed by atoms with van der Waals surface area (Å²) in [5, 5.41) is 7.46. The number of nitrogens with zero attached hydrogens (tertiary/aromatic N) is 4. The van der Waals surface area contributed by atoms with E-state index in [-0.39, 0.29) is 0 Å². The Bertz CT molecular complexity index is 562. The minimum atomic E-state index is 0.356. The van der Waals surface area contributed by atoms with Gasteiger partial charge in [0.1, 0.15) is 11.5 Å². The van der Waals surface area contributed by atoms with Crippen molar-refractivity contribution in [3.8, 4) is 11.5 Å². The second-order valence-electron chi connectivity index (χ2n) is 4.37. The monoisotopic (exact) mass is 357 g/mol. The molecule has 0 aliphatic heterocycles. The van der Waals surface area contributed by atoms with E-state index in [0.29, 0.717) is 11.7 Å². The summed E-state index contributed by atoms with van der Waals surface area (Å²) >= 11 is 2.28. The van der Waals surface area contributed by atoms with Crippen molar-refractivity contribution >= 4 is 28.4 Å². The van der Waals surface area contributed by atoms with E-state index in [1.807, 2.05) is 26.4 Å². The van der Waals surface area contributed by atoms with Gasteiger partial charge in [0.25, 0.3) is 0 Å². The van der Waals surface area contributed by atoms with Crippen molar-refractivity contribution in [2.24, 2.45) is 7.05 Å². The van der Waals surface area contributed by atoms with Gasteiger partial charge in [-0.2, -0.15) is 5.10 Å². The fourth-order valence-electron chi connectivity index (χ4n) is 1.66. The van der Waals surface area contributed by atoms with Gasteiger partial charge in [-0.25, -0.2) is 9.97 Å². The molecule has 0 bridgehead atoms. The summed E-state index contributed by atoms with van der Waals surface area (Å²) in [7, 11) is 3.76. The third-order valence-corrected chi connectivity index (χ3v) is 3.67. The molecule has 0 aromatic carbocycles. The zero-order chi connectivity index (χ0) is 13.3. The van der Waals surface area contributed by atoms with Crippen LogP contribution in [0.5, 0.6) is 0 Å². The molecule has 5 nitrogen and oxygen atoms in total. The number of halogens is 1. The first-order chi connectivity index (χ1) is 8.52. The smallest absolute Gasteiger partial charge is 0.182 e.